The van der Waals surface area contributed by atoms with E-state index in [1.165, 1.54) is 6.07 Å². The summed E-state index contributed by atoms with van der Waals surface area (Å²) in [6, 6.07) is 6.23. The predicted octanol–water partition coefficient (Wildman–Crippen LogP) is 2.74. The average Bonchev–Trinajstić information content (AvgIpc) is 2.38. The maximum Gasteiger partial charge on any atom is 0.319 e. The Labute approximate surface area is 123 Å². The van der Waals surface area contributed by atoms with Gasteiger partial charge in [-0.05, 0) is 30.5 Å². The first-order valence-electron chi connectivity index (χ1n) is 6.36. The first kappa shape index (κ1) is 16.3. The number of anilines is 1. The summed E-state index contributed by atoms with van der Waals surface area (Å²) in [5, 5.41) is 23.9. The number of aliphatic hydroxyl groups excluding tert-OH is 1. The molecule has 6 heteroatoms. The summed E-state index contributed by atoms with van der Waals surface area (Å²) in [6.45, 7) is 4.22. The number of rotatable bonds is 5. The van der Waals surface area contributed by atoms with Crippen LogP contribution in [0.4, 0.5) is 10.5 Å². The van der Waals surface area contributed by atoms with Crippen molar-refractivity contribution in [3.05, 3.63) is 28.8 Å². The number of hydrogen-bond donors (Lipinski definition) is 3. The molecule has 2 amide bonds. The Morgan fingerprint density at radius 2 is 2.20 bits per heavy atom. The summed E-state index contributed by atoms with van der Waals surface area (Å²) in [4.78, 5) is 11.6. The fraction of sp³-hybridized carbons (Fsp3) is 0.429. The van der Waals surface area contributed by atoms with Crippen molar-refractivity contribution >= 4 is 23.3 Å². The molecule has 0 aliphatic heterocycles. The van der Waals surface area contributed by atoms with Gasteiger partial charge in [-0.15, -0.1) is 0 Å². The molecule has 1 unspecified atom stereocenters. The summed E-state index contributed by atoms with van der Waals surface area (Å²) in [6.07, 6.45) is 0.0683. The standard InChI is InChI=1S/C14H18ClN3O2/c1-9(2)13(19)5-6-17-14(20)18-11-4-3-10(8-16)12(15)7-11/h3-4,7,9,13,19H,5-6H2,1-2H3,(H2,17,18,20). The largest absolute Gasteiger partial charge is 0.393 e. The van der Waals surface area contributed by atoms with Crippen molar-refractivity contribution in [2.45, 2.75) is 26.4 Å². The normalized spacial score (nSPS) is 11.8. The molecule has 5 nitrogen and oxygen atoms in total. The van der Waals surface area contributed by atoms with Crippen LogP contribution in [-0.2, 0) is 0 Å². The number of nitrogens with one attached hydrogen (secondary N) is 2. The van der Waals surface area contributed by atoms with E-state index in [-0.39, 0.29) is 11.9 Å². The van der Waals surface area contributed by atoms with Crippen molar-refractivity contribution in [1.29, 1.82) is 5.26 Å². The Kier molecular flexibility index (Phi) is 6.29. The molecule has 0 aliphatic rings. The van der Waals surface area contributed by atoms with Crippen LogP contribution in [0.15, 0.2) is 18.2 Å². The minimum atomic E-state index is -0.431. The van der Waals surface area contributed by atoms with Crippen LogP contribution in [0.25, 0.3) is 0 Å². The number of halogens is 1. The lowest BCUT2D eigenvalue weighted by Crippen LogP contribution is -2.32. The van der Waals surface area contributed by atoms with Crippen molar-refractivity contribution in [2.24, 2.45) is 5.92 Å². The minimum Gasteiger partial charge on any atom is -0.393 e. The van der Waals surface area contributed by atoms with Crippen LogP contribution in [0.3, 0.4) is 0 Å². The van der Waals surface area contributed by atoms with Gasteiger partial charge in [0, 0.05) is 12.2 Å². The van der Waals surface area contributed by atoms with Crippen LogP contribution in [0, 0.1) is 17.2 Å². The Morgan fingerprint density at radius 1 is 1.50 bits per heavy atom. The fourth-order valence-corrected chi connectivity index (χ4v) is 1.75. The Balaban J connectivity index is 2.43. The lowest BCUT2D eigenvalue weighted by atomic mass is 10.0. The fourth-order valence-electron chi connectivity index (χ4n) is 1.53. The van der Waals surface area contributed by atoms with Gasteiger partial charge < -0.3 is 15.7 Å². The van der Waals surface area contributed by atoms with Gasteiger partial charge in [-0.1, -0.05) is 25.4 Å². The van der Waals surface area contributed by atoms with E-state index < -0.39 is 6.10 Å². The predicted molar refractivity (Wildman–Crippen MR) is 78.7 cm³/mol. The molecule has 0 fully saturated rings. The second-order valence-corrected chi connectivity index (χ2v) is 5.19. The van der Waals surface area contributed by atoms with E-state index in [0.717, 1.165) is 0 Å². The van der Waals surface area contributed by atoms with Crippen molar-refractivity contribution in [1.82, 2.24) is 5.32 Å². The maximum atomic E-state index is 11.6. The van der Waals surface area contributed by atoms with Gasteiger partial charge in [0.2, 0.25) is 0 Å². The van der Waals surface area contributed by atoms with Crippen LogP contribution in [0.2, 0.25) is 5.02 Å². The van der Waals surface area contributed by atoms with Crippen molar-refractivity contribution in [3.8, 4) is 6.07 Å². The molecule has 0 saturated heterocycles. The highest BCUT2D eigenvalue weighted by Crippen LogP contribution is 2.19. The van der Waals surface area contributed by atoms with Crippen molar-refractivity contribution in [3.63, 3.8) is 0 Å². The van der Waals surface area contributed by atoms with E-state index in [0.29, 0.717) is 29.2 Å². The van der Waals surface area contributed by atoms with Gasteiger partial charge in [-0.25, -0.2) is 4.79 Å². The third kappa shape index (κ3) is 5.08. The molecular formula is C14H18ClN3O2. The lowest BCUT2D eigenvalue weighted by Gasteiger charge is -2.14. The first-order valence-corrected chi connectivity index (χ1v) is 6.74. The molecule has 0 radical (unpaired) electrons. The molecule has 20 heavy (non-hydrogen) atoms. The number of amides is 2. The second kappa shape index (κ2) is 7.73. The summed E-state index contributed by atoms with van der Waals surface area (Å²) >= 11 is 5.87. The SMILES string of the molecule is CC(C)C(O)CCNC(=O)Nc1ccc(C#N)c(Cl)c1. The second-order valence-electron chi connectivity index (χ2n) is 4.79. The van der Waals surface area contributed by atoms with E-state index in [9.17, 15) is 9.90 Å². The third-order valence-corrected chi connectivity index (χ3v) is 3.16. The Morgan fingerprint density at radius 3 is 2.75 bits per heavy atom. The Hall–Kier alpha value is -1.77. The van der Waals surface area contributed by atoms with Gasteiger partial charge in [0.05, 0.1) is 16.7 Å². The lowest BCUT2D eigenvalue weighted by molar-refractivity contribution is 0.117. The highest BCUT2D eigenvalue weighted by atomic mass is 35.5. The quantitative estimate of drug-likeness (QED) is 0.781. The molecule has 0 saturated carbocycles. The zero-order valence-electron chi connectivity index (χ0n) is 11.5. The zero-order valence-corrected chi connectivity index (χ0v) is 12.2. The zero-order chi connectivity index (χ0) is 15.1. The minimum absolute atomic E-state index is 0.164. The summed E-state index contributed by atoms with van der Waals surface area (Å²) in [5.41, 5.74) is 0.869. The topological polar surface area (TPSA) is 85.2 Å². The molecule has 3 N–H and O–H groups in total. The van der Waals surface area contributed by atoms with E-state index in [1.807, 2.05) is 19.9 Å². The monoisotopic (exact) mass is 295 g/mol. The highest BCUT2D eigenvalue weighted by Gasteiger charge is 2.09. The number of carbonyl (C=O) groups excluding carboxylic acids is 1. The van der Waals surface area contributed by atoms with Gasteiger partial charge in [0.25, 0.3) is 0 Å². The Bertz CT molecular complexity index is 512. The van der Waals surface area contributed by atoms with Crippen LogP contribution in [0.1, 0.15) is 25.8 Å². The van der Waals surface area contributed by atoms with Crippen molar-refractivity contribution in [2.75, 3.05) is 11.9 Å². The molecule has 1 aromatic rings. The van der Waals surface area contributed by atoms with Gasteiger partial charge in [0.15, 0.2) is 0 Å². The highest BCUT2D eigenvalue weighted by molar-refractivity contribution is 6.32. The van der Waals surface area contributed by atoms with Gasteiger partial charge in [0.1, 0.15) is 6.07 Å². The van der Waals surface area contributed by atoms with Crippen LogP contribution < -0.4 is 10.6 Å². The molecule has 0 aliphatic carbocycles. The first-order chi connectivity index (χ1) is 9.43. The van der Waals surface area contributed by atoms with Gasteiger partial charge >= 0.3 is 6.03 Å². The smallest absolute Gasteiger partial charge is 0.319 e. The van der Waals surface area contributed by atoms with E-state index in [4.69, 9.17) is 16.9 Å². The molecule has 0 heterocycles. The van der Waals surface area contributed by atoms with Crippen LogP contribution >= 0.6 is 11.6 Å². The molecule has 0 spiro atoms. The third-order valence-electron chi connectivity index (χ3n) is 2.84. The van der Waals surface area contributed by atoms with E-state index in [1.54, 1.807) is 12.1 Å². The van der Waals surface area contributed by atoms with Crippen molar-refractivity contribution < 1.29 is 9.90 Å². The number of nitrogens with zero attached hydrogens (tertiary/aromatic N) is 1. The van der Waals surface area contributed by atoms with Gasteiger partial charge in [-0.3, -0.25) is 0 Å². The number of nitriles is 1. The number of aliphatic hydroxyl groups is 1. The molecule has 1 rings (SSSR count). The number of carbonyl (C=O) groups is 1. The molecule has 0 bridgehead atoms. The molecular weight excluding hydrogens is 278 g/mol. The molecule has 1 atom stereocenters. The van der Waals surface area contributed by atoms with E-state index in [2.05, 4.69) is 10.6 Å². The number of hydrogen-bond acceptors (Lipinski definition) is 3. The molecule has 0 aromatic heterocycles. The number of benzene rings is 1. The summed E-state index contributed by atoms with van der Waals surface area (Å²) in [5.74, 6) is 0.164. The van der Waals surface area contributed by atoms with Crippen LogP contribution in [-0.4, -0.2) is 23.8 Å². The molecule has 108 valence electrons. The number of urea groups is 1. The average molecular weight is 296 g/mol. The van der Waals surface area contributed by atoms with E-state index >= 15 is 0 Å². The molecule has 1 aromatic carbocycles. The summed E-state index contributed by atoms with van der Waals surface area (Å²) in [7, 11) is 0. The maximum absolute atomic E-state index is 11.6. The van der Waals surface area contributed by atoms with Gasteiger partial charge in [-0.2, -0.15) is 5.26 Å². The van der Waals surface area contributed by atoms with Crippen LogP contribution in [0.5, 0.6) is 0 Å². The summed E-state index contributed by atoms with van der Waals surface area (Å²) < 4.78 is 0.